The first-order valence-electron chi connectivity index (χ1n) is 11.6. The van der Waals surface area contributed by atoms with Crippen LogP contribution in [0.1, 0.15) is 16.7 Å². The summed E-state index contributed by atoms with van der Waals surface area (Å²) in [5.74, 6) is -2.03. The normalized spacial score (nSPS) is 11.8. The minimum atomic E-state index is -4.73. The molecule has 3 amide bonds. The second kappa shape index (κ2) is 13.9. The second-order valence-electron chi connectivity index (χ2n) is 8.45. The van der Waals surface area contributed by atoms with Crippen LogP contribution in [0.5, 0.6) is 5.75 Å². The van der Waals surface area contributed by atoms with Crippen LogP contribution in [0.3, 0.4) is 0 Å². The molecule has 0 bridgehead atoms. The number of amides is 3. The highest BCUT2D eigenvalue weighted by Gasteiger charge is 2.22. The number of alkyl halides is 1. The first-order chi connectivity index (χ1) is 18.5. The number of halogens is 2. The first-order valence-corrected chi connectivity index (χ1v) is 13.7. The van der Waals surface area contributed by atoms with Gasteiger partial charge in [0, 0.05) is 18.7 Å². The molecule has 3 aromatic rings. The number of anilines is 1. The van der Waals surface area contributed by atoms with Crippen molar-refractivity contribution in [2.75, 3.05) is 11.2 Å². The Morgan fingerprint density at radius 1 is 0.923 bits per heavy atom. The molecule has 0 heterocycles. The van der Waals surface area contributed by atoms with Crippen molar-refractivity contribution in [3.8, 4) is 5.75 Å². The van der Waals surface area contributed by atoms with E-state index < -0.39 is 31.5 Å². The maximum absolute atomic E-state index is 13.2. The van der Waals surface area contributed by atoms with Crippen molar-refractivity contribution < 1.29 is 37.6 Å². The van der Waals surface area contributed by atoms with E-state index in [2.05, 4.69) is 20.5 Å². The standard InChI is InChI=1S/C26H26ClFN3O7P/c27-15-25(33)30-21-3-1-2-19(12-21)16-29-26(34)23(31-24(32)14-18-4-8-20(28)9-5-18)13-17-6-10-22(11-7-17)38-39(35,36)37/h1-12,23H,13-16H2,(H,29,34)(H,30,33)(H,31,32)(H2,35,36,37). The molecule has 0 aliphatic heterocycles. The maximum atomic E-state index is 13.2. The van der Waals surface area contributed by atoms with Gasteiger partial charge in [-0.05, 0) is 53.1 Å². The van der Waals surface area contributed by atoms with Gasteiger partial charge in [-0.1, -0.05) is 36.4 Å². The van der Waals surface area contributed by atoms with Crippen LogP contribution >= 0.6 is 19.4 Å². The number of benzene rings is 3. The molecule has 39 heavy (non-hydrogen) atoms. The summed E-state index contributed by atoms with van der Waals surface area (Å²) in [5, 5.41) is 8.08. The lowest BCUT2D eigenvalue weighted by molar-refractivity contribution is -0.128. The van der Waals surface area contributed by atoms with E-state index in [1.54, 1.807) is 24.3 Å². The summed E-state index contributed by atoms with van der Waals surface area (Å²) in [4.78, 5) is 55.3. The van der Waals surface area contributed by atoms with Gasteiger partial charge < -0.3 is 20.5 Å². The summed E-state index contributed by atoms with van der Waals surface area (Å²) in [6.45, 7) is 0.100. The average molecular weight is 578 g/mol. The lowest BCUT2D eigenvalue weighted by Gasteiger charge is -2.19. The van der Waals surface area contributed by atoms with Crippen LogP contribution in [0, 0.1) is 5.82 Å². The zero-order valence-corrected chi connectivity index (χ0v) is 22.1. The van der Waals surface area contributed by atoms with E-state index in [1.165, 1.54) is 48.5 Å². The van der Waals surface area contributed by atoms with Gasteiger partial charge in [-0.15, -0.1) is 11.6 Å². The van der Waals surface area contributed by atoms with Crippen LogP contribution in [0.25, 0.3) is 0 Å². The molecule has 3 aromatic carbocycles. The van der Waals surface area contributed by atoms with E-state index in [0.717, 1.165) is 0 Å². The predicted molar refractivity (Wildman–Crippen MR) is 142 cm³/mol. The zero-order chi connectivity index (χ0) is 28.4. The highest BCUT2D eigenvalue weighted by atomic mass is 35.5. The lowest BCUT2D eigenvalue weighted by atomic mass is 10.0. The van der Waals surface area contributed by atoms with Crippen molar-refractivity contribution in [2.45, 2.75) is 25.4 Å². The fourth-order valence-electron chi connectivity index (χ4n) is 3.57. The molecule has 0 aliphatic carbocycles. The van der Waals surface area contributed by atoms with Crippen molar-refractivity contribution in [1.82, 2.24) is 10.6 Å². The summed E-state index contributed by atoms with van der Waals surface area (Å²) in [6, 6.07) is 16.9. The average Bonchev–Trinajstić information content (AvgIpc) is 2.88. The molecule has 0 aliphatic rings. The Hall–Kier alpha value is -3.76. The zero-order valence-electron chi connectivity index (χ0n) is 20.5. The number of rotatable bonds is 12. The minimum Gasteiger partial charge on any atom is -0.404 e. The van der Waals surface area contributed by atoms with Crippen LogP contribution in [0.4, 0.5) is 10.1 Å². The van der Waals surface area contributed by atoms with Crippen molar-refractivity contribution >= 4 is 42.8 Å². The van der Waals surface area contributed by atoms with Gasteiger partial charge in [0.15, 0.2) is 0 Å². The summed E-state index contributed by atoms with van der Waals surface area (Å²) < 4.78 is 28.8. The number of carbonyl (C=O) groups is 3. The maximum Gasteiger partial charge on any atom is 0.524 e. The number of phosphoric ester groups is 1. The fraction of sp³-hybridized carbons (Fsp3) is 0.192. The van der Waals surface area contributed by atoms with E-state index in [1.807, 2.05) is 0 Å². The third-order valence-corrected chi connectivity index (χ3v) is 6.01. The topological polar surface area (TPSA) is 154 Å². The van der Waals surface area contributed by atoms with E-state index >= 15 is 0 Å². The fourth-order valence-corrected chi connectivity index (χ4v) is 4.03. The summed E-state index contributed by atoms with van der Waals surface area (Å²) in [7, 11) is -4.73. The molecule has 3 rings (SSSR count). The van der Waals surface area contributed by atoms with E-state index in [-0.39, 0.29) is 36.9 Å². The molecule has 1 unspecified atom stereocenters. The van der Waals surface area contributed by atoms with Gasteiger partial charge in [-0.25, -0.2) is 8.96 Å². The monoisotopic (exact) mass is 577 g/mol. The van der Waals surface area contributed by atoms with Gasteiger partial charge in [-0.3, -0.25) is 24.2 Å². The number of hydrogen-bond acceptors (Lipinski definition) is 5. The number of phosphoric acid groups is 1. The number of nitrogens with one attached hydrogen (secondary N) is 3. The second-order valence-corrected chi connectivity index (χ2v) is 9.88. The first kappa shape index (κ1) is 29.8. The molecule has 0 fully saturated rings. The van der Waals surface area contributed by atoms with Crippen LogP contribution in [0.15, 0.2) is 72.8 Å². The summed E-state index contributed by atoms with van der Waals surface area (Å²) in [6.07, 6.45) is -0.0234. The molecule has 0 spiro atoms. The molecule has 206 valence electrons. The third-order valence-electron chi connectivity index (χ3n) is 5.32. The third kappa shape index (κ3) is 10.5. The van der Waals surface area contributed by atoms with Crippen LogP contribution in [-0.2, 0) is 38.3 Å². The summed E-state index contributed by atoms with van der Waals surface area (Å²) >= 11 is 5.52. The molecule has 10 nitrogen and oxygen atoms in total. The van der Waals surface area contributed by atoms with Crippen LogP contribution in [0.2, 0.25) is 0 Å². The Kier molecular flexibility index (Phi) is 10.6. The van der Waals surface area contributed by atoms with Gasteiger partial charge >= 0.3 is 7.82 Å². The van der Waals surface area contributed by atoms with Crippen LogP contribution < -0.4 is 20.5 Å². The summed E-state index contributed by atoms with van der Waals surface area (Å²) in [5.41, 5.74) is 2.34. The highest BCUT2D eigenvalue weighted by Crippen LogP contribution is 2.37. The quantitative estimate of drug-likeness (QED) is 0.164. The van der Waals surface area contributed by atoms with Gasteiger partial charge in [0.25, 0.3) is 0 Å². The largest absolute Gasteiger partial charge is 0.524 e. The molecule has 5 N–H and O–H groups in total. The van der Waals surface area contributed by atoms with Crippen molar-refractivity contribution in [2.24, 2.45) is 0 Å². The van der Waals surface area contributed by atoms with E-state index in [0.29, 0.717) is 22.4 Å². The van der Waals surface area contributed by atoms with Crippen molar-refractivity contribution in [3.05, 3.63) is 95.3 Å². The Bertz CT molecular complexity index is 1350. The van der Waals surface area contributed by atoms with Crippen LogP contribution in [-0.4, -0.2) is 39.4 Å². The number of hydrogen-bond donors (Lipinski definition) is 5. The SMILES string of the molecule is O=C(CCl)Nc1cccc(CNC(=O)C(Cc2ccc(OP(=O)(O)O)cc2)NC(=O)Cc2ccc(F)cc2)c1. The van der Waals surface area contributed by atoms with Gasteiger partial charge in [0.2, 0.25) is 17.7 Å². The number of carbonyl (C=O) groups excluding carboxylic acids is 3. The molecular weight excluding hydrogens is 552 g/mol. The molecular formula is C26H26ClFN3O7P. The lowest BCUT2D eigenvalue weighted by Crippen LogP contribution is -2.48. The Labute approximate surface area is 228 Å². The molecule has 13 heteroatoms. The highest BCUT2D eigenvalue weighted by molar-refractivity contribution is 7.46. The molecule has 1 atom stereocenters. The van der Waals surface area contributed by atoms with Gasteiger partial charge in [-0.2, -0.15) is 0 Å². The molecule has 0 saturated carbocycles. The Morgan fingerprint density at radius 3 is 2.23 bits per heavy atom. The molecule has 0 saturated heterocycles. The van der Waals surface area contributed by atoms with Crippen molar-refractivity contribution in [3.63, 3.8) is 0 Å². The smallest absolute Gasteiger partial charge is 0.404 e. The van der Waals surface area contributed by atoms with E-state index in [4.69, 9.17) is 21.4 Å². The van der Waals surface area contributed by atoms with Gasteiger partial charge in [0.05, 0.1) is 6.42 Å². The Morgan fingerprint density at radius 2 is 1.59 bits per heavy atom. The molecule has 0 radical (unpaired) electrons. The minimum absolute atomic E-state index is 0.0585. The van der Waals surface area contributed by atoms with E-state index in [9.17, 15) is 23.3 Å². The Balaban J connectivity index is 1.71. The van der Waals surface area contributed by atoms with Crippen molar-refractivity contribution in [1.29, 1.82) is 0 Å². The van der Waals surface area contributed by atoms with Gasteiger partial charge in [0.1, 0.15) is 23.5 Å². The predicted octanol–water partition coefficient (Wildman–Crippen LogP) is 3.06. The molecule has 0 aromatic heterocycles.